The molecule has 0 saturated carbocycles. The average molecular weight is 281 g/mol. The van der Waals surface area contributed by atoms with Gasteiger partial charge in [0.15, 0.2) is 5.78 Å². The van der Waals surface area contributed by atoms with Crippen molar-refractivity contribution >= 4 is 16.6 Å². The zero-order valence-electron chi connectivity index (χ0n) is 12.8. The number of hydrogen-bond acceptors (Lipinski definition) is 2. The summed E-state index contributed by atoms with van der Waals surface area (Å²) >= 11 is 0. The van der Waals surface area contributed by atoms with Crippen LogP contribution in [0.2, 0.25) is 0 Å². The van der Waals surface area contributed by atoms with Crippen LogP contribution in [0.15, 0.2) is 36.4 Å². The molecule has 0 atom stereocenters. The topological polar surface area (TPSA) is 20.3 Å². The molecular formula is C19H23NO. The molecule has 0 radical (unpaired) electrons. The molecule has 0 bridgehead atoms. The van der Waals surface area contributed by atoms with E-state index in [-0.39, 0.29) is 5.78 Å². The molecule has 2 aromatic carbocycles. The van der Waals surface area contributed by atoms with Gasteiger partial charge in [-0.05, 0) is 49.7 Å². The SMILES string of the molecule is Cc1ccc2cc(C(=O)CCN3CCCCC3)ccc2c1. The number of aryl methyl sites for hydroxylation is 1. The van der Waals surface area contributed by atoms with E-state index in [1.807, 2.05) is 12.1 Å². The standard InChI is InChI=1S/C19H23NO/c1-15-5-6-17-14-18(8-7-16(17)13-15)19(21)9-12-20-10-3-2-4-11-20/h5-8,13-14H,2-4,9-12H2,1H3. The van der Waals surface area contributed by atoms with Crippen molar-refractivity contribution in [3.05, 3.63) is 47.5 Å². The predicted molar refractivity (Wildman–Crippen MR) is 87.9 cm³/mol. The monoisotopic (exact) mass is 281 g/mol. The quantitative estimate of drug-likeness (QED) is 0.783. The molecule has 1 aliphatic rings. The molecule has 0 unspecified atom stereocenters. The van der Waals surface area contributed by atoms with Crippen molar-refractivity contribution in [3.8, 4) is 0 Å². The fourth-order valence-electron chi connectivity index (χ4n) is 3.13. The summed E-state index contributed by atoms with van der Waals surface area (Å²) in [6, 6.07) is 12.4. The van der Waals surface area contributed by atoms with Crippen molar-refractivity contribution in [2.75, 3.05) is 19.6 Å². The summed E-state index contributed by atoms with van der Waals surface area (Å²) in [5.74, 6) is 0.267. The number of likely N-dealkylation sites (tertiary alicyclic amines) is 1. The Bertz CT molecular complexity index is 641. The van der Waals surface area contributed by atoms with E-state index in [1.165, 1.54) is 30.2 Å². The van der Waals surface area contributed by atoms with Gasteiger partial charge in [0.25, 0.3) is 0 Å². The Kier molecular flexibility index (Phi) is 4.35. The van der Waals surface area contributed by atoms with Gasteiger partial charge in [0, 0.05) is 18.5 Å². The zero-order chi connectivity index (χ0) is 14.7. The van der Waals surface area contributed by atoms with Gasteiger partial charge in [-0.25, -0.2) is 0 Å². The molecule has 2 aromatic rings. The zero-order valence-corrected chi connectivity index (χ0v) is 12.8. The highest BCUT2D eigenvalue weighted by atomic mass is 16.1. The van der Waals surface area contributed by atoms with E-state index in [1.54, 1.807) is 0 Å². The molecule has 1 heterocycles. The molecule has 0 aromatic heterocycles. The fourth-order valence-corrected chi connectivity index (χ4v) is 3.13. The van der Waals surface area contributed by atoms with Crippen LogP contribution in [-0.2, 0) is 0 Å². The number of piperidine rings is 1. The number of Topliss-reactive ketones (excluding diaryl/α,β-unsaturated/α-hetero) is 1. The van der Waals surface area contributed by atoms with E-state index in [0.717, 1.165) is 30.6 Å². The van der Waals surface area contributed by atoms with Crippen LogP contribution in [0.1, 0.15) is 41.6 Å². The van der Waals surface area contributed by atoms with Gasteiger partial charge >= 0.3 is 0 Å². The molecular weight excluding hydrogens is 258 g/mol. The van der Waals surface area contributed by atoms with E-state index in [2.05, 4.69) is 36.1 Å². The third-order valence-electron chi connectivity index (χ3n) is 4.42. The molecule has 0 amide bonds. The first-order valence-electron chi connectivity index (χ1n) is 7.98. The Morgan fingerprint density at radius 2 is 1.71 bits per heavy atom. The van der Waals surface area contributed by atoms with E-state index in [4.69, 9.17) is 0 Å². The van der Waals surface area contributed by atoms with Crippen LogP contribution < -0.4 is 0 Å². The van der Waals surface area contributed by atoms with Gasteiger partial charge in [0.1, 0.15) is 0 Å². The first-order chi connectivity index (χ1) is 10.2. The van der Waals surface area contributed by atoms with Gasteiger partial charge in [-0.15, -0.1) is 0 Å². The molecule has 2 nitrogen and oxygen atoms in total. The smallest absolute Gasteiger partial charge is 0.164 e. The number of nitrogens with zero attached hydrogens (tertiary/aromatic N) is 1. The molecule has 110 valence electrons. The van der Waals surface area contributed by atoms with Gasteiger partial charge in [-0.3, -0.25) is 4.79 Å². The van der Waals surface area contributed by atoms with E-state index < -0.39 is 0 Å². The van der Waals surface area contributed by atoms with E-state index in [9.17, 15) is 4.79 Å². The molecule has 21 heavy (non-hydrogen) atoms. The fraction of sp³-hybridized carbons (Fsp3) is 0.421. The highest BCUT2D eigenvalue weighted by Gasteiger charge is 2.13. The summed E-state index contributed by atoms with van der Waals surface area (Å²) in [7, 11) is 0. The summed E-state index contributed by atoms with van der Waals surface area (Å²) in [6.45, 7) is 5.32. The Hall–Kier alpha value is -1.67. The second-order valence-electron chi connectivity index (χ2n) is 6.14. The van der Waals surface area contributed by atoms with Crippen molar-refractivity contribution < 1.29 is 4.79 Å². The summed E-state index contributed by atoms with van der Waals surface area (Å²) < 4.78 is 0. The second kappa shape index (κ2) is 6.40. The van der Waals surface area contributed by atoms with Crippen LogP contribution in [0.5, 0.6) is 0 Å². The van der Waals surface area contributed by atoms with Gasteiger partial charge in [-0.1, -0.05) is 42.3 Å². The first-order valence-corrected chi connectivity index (χ1v) is 7.98. The molecule has 1 aliphatic heterocycles. The average Bonchev–Trinajstić information content (AvgIpc) is 2.53. The lowest BCUT2D eigenvalue weighted by atomic mass is 10.0. The van der Waals surface area contributed by atoms with Crippen molar-refractivity contribution in [1.29, 1.82) is 0 Å². The minimum Gasteiger partial charge on any atom is -0.303 e. The van der Waals surface area contributed by atoms with Gasteiger partial charge in [0.2, 0.25) is 0 Å². The normalized spacial score (nSPS) is 16.2. The lowest BCUT2D eigenvalue weighted by molar-refractivity contribution is 0.0959. The maximum Gasteiger partial charge on any atom is 0.164 e. The van der Waals surface area contributed by atoms with Gasteiger partial charge in [-0.2, -0.15) is 0 Å². The highest BCUT2D eigenvalue weighted by Crippen LogP contribution is 2.19. The van der Waals surface area contributed by atoms with Crippen molar-refractivity contribution in [1.82, 2.24) is 4.90 Å². The van der Waals surface area contributed by atoms with Crippen molar-refractivity contribution in [3.63, 3.8) is 0 Å². The minimum atomic E-state index is 0.267. The molecule has 3 rings (SSSR count). The van der Waals surface area contributed by atoms with Crippen LogP contribution in [0, 0.1) is 6.92 Å². The minimum absolute atomic E-state index is 0.267. The maximum atomic E-state index is 12.4. The van der Waals surface area contributed by atoms with Gasteiger partial charge < -0.3 is 4.90 Å². The van der Waals surface area contributed by atoms with Crippen LogP contribution >= 0.6 is 0 Å². The van der Waals surface area contributed by atoms with Crippen LogP contribution in [0.4, 0.5) is 0 Å². The number of benzene rings is 2. The first kappa shape index (κ1) is 14.3. The summed E-state index contributed by atoms with van der Waals surface area (Å²) in [5.41, 5.74) is 2.11. The Balaban J connectivity index is 1.67. The highest BCUT2D eigenvalue weighted by molar-refractivity contribution is 6.00. The van der Waals surface area contributed by atoms with E-state index >= 15 is 0 Å². The number of rotatable bonds is 4. The molecule has 0 N–H and O–H groups in total. The number of carbonyl (C=O) groups is 1. The summed E-state index contributed by atoms with van der Waals surface area (Å²) in [6.07, 6.45) is 4.54. The summed E-state index contributed by atoms with van der Waals surface area (Å²) in [5, 5.41) is 2.37. The number of hydrogen-bond donors (Lipinski definition) is 0. The molecule has 1 saturated heterocycles. The van der Waals surface area contributed by atoms with Crippen LogP contribution in [0.25, 0.3) is 10.8 Å². The largest absolute Gasteiger partial charge is 0.303 e. The third-order valence-corrected chi connectivity index (χ3v) is 4.42. The molecule has 0 aliphatic carbocycles. The summed E-state index contributed by atoms with van der Waals surface area (Å²) in [4.78, 5) is 14.8. The third kappa shape index (κ3) is 3.51. The number of carbonyl (C=O) groups excluding carboxylic acids is 1. The van der Waals surface area contributed by atoms with Crippen LogP contribution in [0.3, 0.4) is 0 Å². The number of fused-ring (bicyclic) bond motifs is 1. The van der Waals surface area contributed by atoms with Crippen molar-refractivity contribution in [2.45, 2.75) is 32.6 Å². The lowest BCUT2D eigenvalue weighted by Crippen LogP contribution is -2.31. The van der Waals surface area contributed by atoms with Gasteiger partial charge in [0.05, 0.1) is 0 Å². The predicted octanol–water partition coefficient (Wildman–Crippen LogP) is 4.21. The maximum absolute atomic E-state index is 12.4. The Labute approximate surface area is 126 Å². The molecule has 1 fully saturated rings. The molecule has 0 spiro atoms. The number of ketones is 1. The van der Waals surface area contributed by atoms with Crippen LogP contribution in [-0.4, -0.2) is 30.3 Å². The Morgan fingerprint density at radius 3 is 2.52 bits per heavy atom. The van der Waals surface area contributed by atoms with Crippen molar-refractivity contribution in [2.24, 2.45) is 0 Å². The lowest BCUT2D eigenvalue weighted by Gasteiger charge is -2.25. The Morgan fingerprint density at radius 1 is 1.00 bits per heavy atom. The second-order valence-corrected chi connectivity index (χ2v) is 6.14. The van der Waals surface area contributed by atoms with E-state index in [0.29, 0.717) is 6.42 Å². The molecule has 2 heteroatoms.